The number of aromatic nitrogens is 6. The van der Waals surface area contributed by atoms with Crippen molar-refractivity contribution in [2.45, 2.75) is 27.7 Å². The molecular formula is C23H21N7O2. The van der Waals surface area contributed by atoms with Crippen molar-refractivity contribution in [1.29, 1.82) is 5.41 Å². The maximum Gasteiger partial charge on any atom is 0.223 e. The third kappa shape index (κ3) is 2.82. The van der Waals surface area contributed by atoms with Gasteiger partial charge in [0.25, 0.3) is 0 Å². The molecule has 5 rings (SSSR count). The summed E-state index contributed by atoms with van der Waals surface area (Å²) in [5, 5.41) is 31.1. The summed E-state index contributed by atoms with van der Waals surface area (Å²) in [6.07, 6.45) is 3.29. The van der Waals surface area contributed by atoms with Crippen LogP contribution in [-0.4, -0.2) is 39.7 Å². The lowest BCUT2D eigenvalue weighted by Crippen LogP contribution is -2.16. The number of phenols is 1. The van der Waals surface area contributed by atoms with Crippen LogP contribution in [0.5, 0.6) is 11.6 Å². The number of nitrogens with zero attached hydrogens (tertiary/aromatic N) is 5. The van der Waals surface area contributed by atoms with E-state index in [0.29, 0.717) is 50.7 Å². The van der Waals surface area contributed by atoms with Gasteiger partial charge in [0.2, 0.25) is 5.88 Å². The van der Waals surface area contributed by atoms with E-state index in [2.05, 4.69) is 24.9 Å². The van der Waals surface area contributed by atoms with Gasteiger partial charge < -0.3 is 15.2 Å². The Balaban J connectivity index is 1.95. The van der Waals surface area contributed by atoms with Crippen molar-refractivity contribution < 1.29 is 10.2 Å². The van der Waals surface area contributed by atoms with E-state index in [4.69, 9.17) is 5.41 Å². The minimum Gasteiger partial charge on any atom is -0.508 e. The summed E-state index contributed by atoms with van der Waals surface area (Å²) >= 11 is 0. The lowest BCUT2D eigenvalue weighted by Gasteiger charge is -2.13. The molecule has 160 valence electrons. The molecule has 0 fully saturated rings. The zero-order valence-corrected chi connectivity index (χ0v) is 18.0. The Kier molecular flexibility index (Phi) is 4.23. The molecule has 9 nitrogen and oxygen atoms in total. The van der Waals surface area contributed by atoms with Gasteiger partial charge in [-0.3, -0.25) is 9.98 Å². The molecule has 0 aliphatic carbocycles. The molecule has 4 aromatic heterocycles. The van der Waals surface area contributed by atoms with Crippen LogP contribution in [0.3, 0.4) is 0 Å². The largest absolute Gasteiger partial charge is 0.508 e. The normalized spacial score (nSPS) is 11.5. The summed E-state index contributed by atoms with van der Waals surface area (Å²) in [4.78, 5) is 20.7. The molecule has 0 saturated carbocycles. The summed E-state index contributed by atoms with van der Waals surface area (Å²) < 4.78 is 1.65. The first-order valence-corrected chi connectivity index (χ1v) is 10.0. The first kappa shape index (κ1) is 19.7. The highest BCUT2D eigenvalue weighted by Gasteiger charge is 2.22. The van der Waals surface area contributed by atoms with E-state index in [1.54, 1.807) is 49.0 Å². The molecule has 0 aliphatic heterocycles. The molecule has 9 heteroatoms. The van der Waals surface area contributed by atoms with E-state index in [9.17, 15) is 10.2 Å². The van der Waals surface area contributed by atoms with Gasteiger partial charge in [0.1, 0.15) is 22.9 Å². The number of hydrogen-bond acceptors (Lipinski definition) is 7. The Bertz CT molecular complexity index is 1600. The van der Waals surface area contributed by atoms with Gasteiger partial charge in [0.05, 0.1) is 27.7 Å². The number of aryl methyl sites for hydroxylation is 3. The van der Waals surface area contributed by atoms with Crippen molar-refractivity contribution in [3.05, 3.63) is 58.9 Å². The lowest BCUT2D eigenvalue weighted by atomic mass is 10.1. The van der Waals surface area contributed by atoms with Crippen molar-refractivity contribution in [2.24, 2.45) is 0 Å². The Morgan fingerprint density at radius 2 is 1.69 bits per heavy atom. The zero-order valence-electron chi connectivity index (χ0n) is 18.0. The van der Waals surface area contributed by atoms with Crippen LogP contribution in [0.2, 0.25) is 0 Å². The molecule has 0 saturated heterocycles. The smallest absolute Gasteiger partial charge is 0.223 e. The summed E-state index contributed by atoms with van der Waals surface area (Å²) in [6, 6.07) is 5.22. The van der Waals surface area contributed by atoms with Crippen LogP contribution >= 0.6 is 0 Å². The van der Waals surface area contributed by atoms with E-state index < -0.39 is 0 Å². The highest BCUT2D eigenvalue weighted by molar-refractivity contribution is 6.09. The average Bonchev–Trinajstić information content (AvgIpc) is 2.93. The molecule has 1 aromatic carbocycles. The Hall–Kier alpha value is -4.27. The van der Waals surface area contributed by atoms with E-state index in [0.717, 1.165) is 5.56 Å². The second-order valence-electron chi connectivity index (χ2n) is 7.85. The molecule has 0 atom stereocenters. The zero-order chi connectivity index (χ0) is 22.7. The van der Waals surface area contributed by atoms with Crippen LogP contribution < -0.4 is 5.49 Å². The molecule has 0 bridgehead atoms. The van der Waals surface area contributed by atoms with E-state index in [1.807, 2.05) is 13.8 Å². The van der Waals surface area contributed by atoms with Gasteiger partial charge in [0.15, 0.2) is 5.65 Å². The number of aromatic hydroxyl groups is 2. The van der Waals surface area contributed by atoms with E-state index in [1.165, 1.54) is 0 Å². The van der Waals surface area contributed by atoms with Gasteiger partial charge in [-0.1, -0.05) is 6.07 Å². The molecule has 32 heavy (non-hydrogen) atoms. The average molecular weight is 427 g/mol. The minimum atomic E-state index is -0.293. The topological polar surface area (TPSA) is 137 Å². The molecular weight excluding hydrogens is 406 g/mol. The SMILES string of the molecule is Cc1ncc(-c2cc3[nH]c(C)nc4c3c(c(O)n2)c(=N)n4-c2c(C)ccc(O)c2C)cn1. The predicted molar refractivity (Wildman–Crippen MR) is 120 cm³/mol. The van der Waals surface area contributed by atoms with Gasteiger partial charge in [-0.15, -0.1) is 0 Å². The van der Waals surface area contributed by atoms with Crippen molar-refractivity contribution in [1.82, 2.24) is 29.5 Å². The van der Waals surface area contributed by atoms with Crippen LogP contribution in [0, 0.1) is 33.1 Å². The number of nitrogens with one attached hydrogen (secondary N) is 2. The molecule has 5 aromatic rings. The number of phenolic OH excluding ortho intramolecular Hbond substituents is 1. The Morgan fingerprint density at radius 1 is 0.969 bits per heavy atom. The quantitative estimate of drug-likeness (QED) is 0.340. The fraction of sp³-hybridized carbons (Fsp3) is 0.174. The van der Waals surface area contributed by atoms with Gasteiger partial charge in [0, 0.05) is 23.5 Å². The van der Waals surface area contributed by atoms with Crippen LogP contribution in [-0.2, 0) is 0 Å². The number of H-pyrrole nitrogens is 1. The van der Waals surface area contributed by atoms with Crippen molar-refractivity contribution >= 4 is 21.9 Å². The van der Waals surface area contributed by atoms with Crippen LogP contribution in [0.15, 0.2) is 30.6 Å². The van der Waals surface area contributed by atoms with Crippen molar-refractivity contribution in [3.63, 3.8) is 0 Å². The molecule has 0 unspecified atom stereocenters. The van der Waals surface area contributed by atoms with Gasteiger partial charge in [-0.25, -0.2) is 19.9 Å². The standard InChI is InChI=1S/C23H21N7O2/c1-10-5-6-17(31)11(2)20(10)30-21(24)19-18-16(27-13(4)28-22(18)30)7-15(29-23(19)32)14-8-25-12(3)26-9-14/h5-9,24,31-32H,1-4H3,(H,27,28). The molecule has 0 aliphatic rings. The summed E-state index contributed by atoms with van der Waals surface area (Å²) in [5.74, 6) is 1.09. The number of aromatic amines is 1. The maximum atomic E-state index is 11.0. The van der Waals surface area contributed by atoms with Gasteiger partial charge in [-0.05, 0) is 45.4 Å². The van der Waals surface area contributed by atoms with E-state index in [-0.39, 0.29) is 22.5 Å². The van der Waals surface area contributed by atoms with Crippen molar-refractivity contribution in [3.8, 4) is 28.6 Å². The fourth-order valence-corrected chi connectivity index (χ4v) is 4.09. The second kappa shape index (κ2) is 6.88. The highest BCUT2D eigenvalue weighted by Crippen LogP contribution is 2.34. The minimum absolute atomic E-state index is 0.0283. The third-order valence-electron chi connectivity index (χ3n) is 5.64. The molecule has 0 spiro atoms. The van der Waals surface area contributed by atoms with Crippen LogP contribution in [0.25, 0.3) is 38.9 Å². The number of rotatable bonds is 2. The summed E-state index contributed by atoms with van der Waals surface area (Å²) in [7, 11) is 0. The second-order valence-corrected chi connectivity index (χ2v) is 7.85. The van der Waals surface area contributed by atoms with Crippen LogP contribution in [0.1, 0.15) is 22.8 Å². The third-order valence-corrected chi connectivity index (χ3v) is 5.64. The van der Waals surface area contributed by atoms with Crippen LogP contribution in [0.4, 0.5) is 0 Å². The highest BCUT2D eigenvalue weighted by atomic mass is 16.3. The molecule has 0 radical (unpaired) electrons. The fourth-order valence-electron chi connectivity index (χ4n) is 4.09. The Morgan fingerprint density at radius 3 is 2.41 bits per heavy atom. The monoisotopic (exact) mass is 427 g/mol. The summed E-state index contributed by atoms with van der Waals surface area (Å²) in [5.41, 5.74) is 4.44. The first-order chi connectivity index (χ1) is 15.3. The van der Waals surface area contributed by atoms with Gasteiger partial charge >= 0.3 is 0 Å². The predicted octanol–water partition coefficient (Wildman–Crippen LogP) is 3.48. The molecule has 4 heterocycles. The summed E-state index contributed by atoms with van der Waals surface area (Å²) in [6.45, 7) is 7.32. The Labute approximate surface area is 182 Å². The number of benzene rings is 1. The lowest BCUT2D eigenvalue weighted by molar-refractivity contribution is 0.461. The van der Waals surface area contributed by atoms with Crippen molar-refractivity contribution in [2.75, 3.05) is 0 Å². The molecule has 0 amide bonds. The maximum absolute atomic E-state index is 11.0. The van der Waals surface area contributed by atoms with E-state index >= 15 is 0 Å². The first-order valence-electron chi connectivity index (χ1n) is 10.0. The number of hydrogen-bond donors (Lipinski definition) is 4. The molecule has 4 N–H and O–H groups in total. The van der Waals surface area contributed by atoms with Gasteiger partial charge in [-0.2, -0.15) is 0 Å².